The first-order chi connectivity index (χ1) is 8.48. The van der Waals surface area contributed by atoms with Crippen LogP contribution in [0.3, 0.4) is 0 Å². The maximum Gasteiger partial charge on any atom is 0.416 e. The Kier molecular flexibility index (Phi) is 3.95. The molecule has 1 aliphatic carbocycles. The minimum atomic E-state index is -4.27. The summed E-state index contributed by atoms with van der Waals surface area (Å²) in [5.74, 6) is 0.412. The Hall–Kier alpha value is -1.03. The predicted octanol–water partition coefficient (Wildman–Crippen LogP) is 4.29. The molecule has 1 nitrogen and oxygen atoms in total. The van der Waals surface area contributed by atoms with Gasteiger partial charge in [-0.15, -0.1) is 0 Å². The zero-order valence-electron chi connectivity index (χ0n) is 10.2. The lowest BCUT2D eigenvalue weighted by atomic mass is 9.81. The molecule has 0 bridgehead atoms. The van der Waals surface area contributed by atoms with E-state index in [4.69, 9.17) is 5.73 Å². The van der Waals surface area contributed by atoms with Crippen LogP contribution < -0.4 is 5.73 Å². The van der Waals surface area contributed by atoms with E-state index in [1.165, 1.54) is 31.4 Å². The van der Waals surface area contributed by atoms with Crippen molar-refractivity contribution in [3.63, 3.8) is 0 Å². The molecule has 1 fully saturated rings. The van der Waals surface area contributed by atoms with E-state index in [0.29, 0.717) is 5.92 Å². The molecule has 2 N–H and O–H groups in total. The van der Waals surface area contributed by atoms with Gasteiger partial charge < -0.3 is 5.73 Å². The molecule has 1 aromatic carbocycles. The lowest BCUT2D eigenvalue weighted by Gasteiger charge is -2.27. The lowest BCUT2D eigenvalue weighted by Crippen LogP contribution is -2.23. The van der Waals surface area contributed by atoms with Crippen LogP contribution in [-0.4, -0.2) is 0 Å². The molecule has 18 heavy (non-hydrogen) atoms. The van der Waals surface area contributed by atoms with E-state index in [0.717, 1.165) is 30.5 Å². The lowest BCUT2D eigenvalue weighted by molar-refractivity contribution is -0.137. The largest absolute Gasteiger partial charge is 0.416 e. The summed E-state index contributed by atoms with van der Waals surface area (Å²) in [6.07, 6.45) is 1.51. The molecule has 0 saturated heterocycles. The monoisotopic (exact) mass is 257 g/mol. The first-order valence-electron chi connectivity index (χ1n) is 6.41. The molecule has 0 aromatic heterocycles. The Morgan fingerprint density at radius 1 is 1.00 bits per heavy atom. The maximum atomic E-state index is 12.4. The van der Waals surface area contributed by atoms with E-state index in [-0.39, 0.29) is 6.04 Å². The van der Waals surface area contributed by atoms with Crippen LogP contribution in [0, 0.1) is 5.92 Å². The molecule has 1 aliphatic rings. The van der Waals surface area contributed by atoms with E-state index in [1.807, 2.05) is 0 Å². The number of hydrogen-bond acceptors (Lipinski definition) is 1. The fourth-order valence-electron chi connectivity index (χ4n) is 2.66. The van der Waals surface area contributed by atoms with Crippen molar-refractivity contribution in [1.82, 2.24) is 0 Å². The van der Waals surface area contributed by atoms with Gasteiger partial charge in [0.05, 0.1) is 5.56 Å². The molecule has 1 atom stereocenters. The normalized spacial score (nSPS) is 19.8. The molecule has 0 unspecified atom stereocenters. The van der Waals surface area contributed by atoms with Gasteiger partial charge in [-0.25, -0.2) is 0 Å². The van der Waals surface area contributed by atoms with Crippen LogP contribution in [0.4, 0.5) is 13.2 Å². The quantitative estimate of drug-likeness (QED) is 0.840. The second-order valence-electron chi connectivity index (χ2n) is 5.04. The Labute approximate surface area is 105 Å². The molecular weight excluding hydrogens is 239 g/mol. The van der Waals surface area contributed by atoms with Crippen molar-refractivity contribution < 1.29 is 13.2 Å². The fraction of sp³-hybridized carbons (Fsp3) is 0.571. The number of rotatable bonds is 2. The third-order valence-electron chi connectivity index (χ3n) is 3.78. The first kappa shape index (κ1) is 13.4. The second kappa shape index (κ2) is 5.31. The van der Waals surface area contributed by atoms with E-state index in [9.17, 15) is 13.2 Å². The molecule has 0 spiro atoms. The third-order valence-corrected chi connectivity index (χ3v) is 3.78. The summed E-state index contributed by atoms with van der Waals surface area (Å²) >= 11 is 0. The summed E-state index contributed by atoms with van der Waals surface area (Å²) in [7, 11) is 0. The maximum absolute atomic E-state index is 12.4. The van der Waals surface area contributed by atoms with Crippen LogP contribution in [0.15, 0.2) is 24.3 Å². The molecule has 0 heterocycles. The van der Waals surface area contributed by atoms with Crippen molar-refractivity contribution >= 4 is 0 Å². The van der Waals surface area contributed by atoms with E-state index < -0.39 is 11.7 Å². The van der Waals surface area contributed by atoms with Crippen molar-refractivity contribution in [2.45, 2.75) is 44.3 Å². The summed E-state index contributed by atoms with van der Waals surface area (Å²) in [4.78, 5) is 0. The zero-order chi connectivity index (χ0) is 13.2. The standard InChI is InChI=1S/C14H18F3N/c15-14(16,17)12-8-6-11(7-9-12)13(18)10-4-2-1-3-5-10/h6-10,13H,1-5,18H2/t13-/m1/s1. The van der Waals surface area contributed by atoms with E-state index in [2.05, 4.69) is 0 Å². The Balaban J connectivity index is 2.09. The molecule has 2 rings (SSSR count). The molecule has 4 heteroatoms. The van der Waals surface area contributed by atoms with Gasteiger partial charge in [-0.3, -0.25) is 0 Å². The van der Waals surface area contributed by atoms with Gasteiger partial charge in [0.2, 0.25) is 0 Å². The third kappa shape index (κ3) is 3.05. The van der Waals surface area contributed by atoms with Gasteiger partial charge in [-0.1, -0.05) is 31.4 Å². The summed E-state index contributed by atoms with van der Waals surface area (Å²) in [5, 5.41) is 0. The van der Waals surface area contributed by atoms with E-state index in [1.54, 1.807) is 0 Å². The van der Waals surface area contributed by atoms with Crippen molar-refractivity contribution in [3.05, 3.63) is 35.4 Å². The van der Waals surface area contributed by atoms with Gasteiger partial charge >= 0.3 is 6.18 Å². The summed E-state index contributed by atoms with van der Waals surface area (Å²) in [6.45, 7) is 0. The number of nitrogens with two attached hydrogens (primary N) is 1. The molecule has 0 amide bonds. The average Bonchev–Trinajstić information content (AvgIpc) is 2.38. The number of hydrogen-bond donors (Lipinski definition) is 1. The molecule has 0 aliphatic heterocycles. The van der Waals surface area contributed by atoms with Gasteiger partial charge in [0, 0.05) is 6.04 Å². The van der Waals surface area contributed by atoms with Crippen molar-refractivity contribution in [1.29, 1.82) is 0 Å². The van der Waals surface area contributed by atoms with Crippen LogP contribution in [0.25, 0.3) is 0 Å². The highest BCUT2D eigenvalue weighted by molar-refractivity contribution is 5.27. The topological polar surface area (TPSA) is 26.0 Å². The SMILES string of the molecule is N[C@@H](c1ccc(C(F)(F)F)cc1)C1CCCCC1. The zero-order valence-corrected chi connectivity index (χ0v) is 10.2. The van der Waals surface area contributed by atoms with Crippen LogP contribution >= 0.6 is 0 Å². The van der Waals surface area contributed by atoms with Gasteiger partial charge in [0.25, 0.3) is 0 Å². The smallest absolute Gasteiger partial charge is 0.324 e. The van der Waals surface area contributed by atoms with Crippen molar-refractivity contribution in [2.24, 2.45) is 11.7 Å². The number of alkyl halides is 3. The van der Waals surface area contributed by atoms with Gasteiger partial charge in [0.15, 0.2) is 0 Å². The predicted molar refractivity (Wildman–Crippen MR) is 64.9 cm³/mol. The number of halogens is 3. The Bertz CT molecular complexity index is 377. The molecule has 1 aromatic rings. The van der Waals surface area contributed by atoms with Crippen LogP contribution in [0.1, 0.15) is 49.3 Å². The van der Waals surface area contributed by atoms with Gasteiger partial charge in [-0.2, -0.15) is 13.2 Å². The molecule has 0 radical (unpaired) electrons. The highest BCUT2D eigenvalue weighted by atomic mass is 19.4. The molecule has 100 valence electrons. The summed E-state index contributed by atoms with van der Waals surface area (Å²) in [5.41, 5.74) is 6.35. The minimum absolute atomic E-state index is 0.132. The fourth-order valence-corrected chi connectivity index (χ4v) is 2.66. The summed E-state index contributed by atoms with van der Waals surface area (Å²) in [6, 6.07) is 5.15. The van der Waals surface area contributed by atoms with Crippen molar-refractivity contribution in [2.75, 3.05) is 0 Å². The average molecular weight is 257 g/mol. The summed E-state index contributed by atoms with van der Waals surface area (Å²) < 4.78 is 37.3. The molecular formula is C14H18F3N. The molecule has 1 saturated carbocycles. The second-order valence-corrected chi connectivity index (χ2v) is 5.04. The van der Waals surface area contributed by atoms with E-state index >= 15 is 0 Å². The van der Waals surface area contributed by atoms with Crippen molar-refractivity contribution in [3.8, 4) is 0 Å². The van der Waals surface area contributed by atoms with Crippen LogP contribution in [0.5, 0.6) is 0 Å². The minimum Gasteiger partial charge on any atom is -0.324 e. The first-order valence-corrected chi connectivity index (χ1v) is 6.41. The van der Waals surface area contributed by atoms with Crippen LogP contribution in [0.2, 0.25) is 0 Å². The number of benzene rings is 1. The van der Waals surface area contributed by atoms with Crippen LogP contribution in [-0.2, 0) is 6.18 Å². The Morgan fingerprint density at radius 3 is 2.06 bits per heavy atom. The highest BCUT2D eigenvalue weighted by Gasteiger charge is 2.30. The highest BCUT2D eigenvalue weighted by Crippen LogP contribution is 2.34. The van der Waals surface area contributed by atoms with Gasteiger partial charge in [0.1, 0.15) is 0 Å². The van der Waals surface area contributed by atoms with Gasteiger partial charge in [-0.05, 0) is 36.5 Å². The Morgan fingerprint density at radius 2 is 1.56 bits per heavy atom.